The molecule has 3 heterocycles. The van der Waals surface area contributed by atoms with E-state index < -0.39 is 0 Å². The highest BCUT2D eigenvalue weighted by Crippen LogP contribution is 2.35. The molecule has 0 unspecified atom stereocenters. The van der Waals surface area contributed by atoms with Crippen molar-refractivity contribution in [3.05, 3.63) is 66.5 Å². The standard InChI is InChI=1S/C26H26N6/c1-28-22-9-11-32(12-10-22)23-14-24(19-5-3-18(15-27)4-6-19)26(29-16-23)20-7-8-21-17-31(2)30-25(21)13-20/h3-8,13-14,16-17,22,28H,9-12H2,1-2H3. The number of benzene rings is 2. The van der Waals surface area contributed by atoms with Gasteiger partial charge in [-0.3, -0.25) is 9.67 Å². The fraction of sp³-hybridized carbons (Fsp3) is 0.269. The minimum Gasteiger partial charge on any atom is -0.370 e. The Balaban J connectivity index is 1.59. The second-order valence-electron chi connectivity index (χ2n) is 8.41. The zero-order chi connectivity index (χ0) is 22.1. The van der Waals surface area contributed by atoms with Crippen molar-refractivity contribution in [1.82, 2.24) is 20.1 Å². The van der Waals surface area contributed by atoms with Crippen LogP contribution in [0, 0.1) is 11.3 Å². The van der Waals surface area contributed by atoms with E-state index in [4.69, 9.17) is 4.98 Å². The highest BCUT2D eigenvalue weighted by Gasteiger charge is 2.20. The lowest BCUT2D eigenvalue weighted by molar-refractivity contribution is 0.442. The Hall–Kier alpha value is -3.69. The first-order valence-corrected chi connectivity index (χ1v) is 11.0. The number of anilines is 1. The first-order chi connectivity index (χ1) is 15.6. The monoisotopic (exact) mass is 422 g/mol. The van der Waals surface area contributed by atoms with Gasteiger partial charge in [0, 0.05) is 48.9 Å². The highest BCUT2D eigenvalue weighted by molar-refractivity contribution is 5.88. The lowest BCUT2D eigenvalue weighted by atomic mass is 9.97. The molecule has 0 atom stereocenters. The molecule has 6 nitrogen and oxygen atoms in total. The number of fused-ring (bicyclic) bond motifs is 1. The minimum atomic E-state index is 0.585. The van der Waals surface area contributed by atoms with Gasteiger partial charge in [-0.25, -0.2) is 0 Å². The maximum Gasteiger partial charge on any atom is 0.0991 e. The quantitative estimate of drug-likeness (QED) is 0.529. The van der Waals surface area contributed by atoms with Crippen LogP contribution in [0.2, 0.25) is 0 Å². The van der Waals surface area contributed by atoms with Gasteiger partial charge in [-0.2, -0.15) is 10.4 Å². The van der Waals surface area contributed by atoms with Crippen molar-refractivity contribution in [2.45, 2.75) is 18.9 Å². The van der Waals surface area contributed by atoms with Crippen molar-refractivity contribution in [1.29, 1.82) is 5.26 Å². The van der Waals surface area contributed by atoms with Crippen LogP contribution in [0.1, 0.15) is 18.4 Å². The van der Waals surface area contributed by atoms with Crippen molar-refractivity contribution in [3.63, 3.8) is 0 Å². The van der Waals surface area contributed by atoms with E-state index in [1.807, 2.05) is 55.4 Å². The van der Waals surface area contributed by atoms with Crippen molar-refractivity contribution in [2.24, 2.45) is 7.05 Å². The van der Waals surface area contributed by atoms with Crippen LogP contribution in [0.25, 0.3) is 33.3 Å². The Morgan fingerprint density at radius 1 is 1.03 bits per heavy atom. The maximum atomic E-state index is 9.21. The number of piperidine rings is 1. The van der Waals surface area contributed by atoms with E-state index in [-0.39, 0.29) is 0 Å². The van der Waals surface area contributed by atoms with Crippen LogP contribution in [-0.2, 0) is 7.05 Å². The molecule has 1 aliphatic heterocycles. The van der Waals surface area contributed by atoms with Crippen LogP contribution < -0.4 is 10.2 Å². The fourth-order valence-corrected chi connectivity index (χ4v) is 4.51. The maximum absolute atomic E-state index is 9.21. The summed E-state index contributed by atoms with van der Waals surface area (Å²) in [6, 6.07) is 19.1. The number of aromatic nitrogens is 3. The number of aryl methyl sites for hydroxylation is 1. The molecule has 0 aliphatic carbocycles. The van der Waals surface area contributed by atoms with Crippen molar-refractivity contribution >= 4 is 16.6 Å². The lowest BCUT2D eigenvalue weighted by Crippen LogP contribution is -2.41. The molecule has 1 fully saturated rings. The fourth-order valence-electron chi connectivity index (χ4n) is 4.51. The molecule has 6 heteroatoms. The Bertz CT molecular complexity index is 1290. The van der Waals surface area contributed by atoms with Gasteiger partial charge in [-0.15, -0.1) is 0 Å². The number of hydrogen-bond acceptors (Lipinski definition) is 5. The molecule has 0 amide bonds. The number of rotatable bonds is 4. The van der Waals surface area contributed by atoms with Crippen LogP contribution in [-0.4, -0.2) is 40.9 Å². The molecule has 0 spiro atoms. The number of pyridine rings is 1. The zero-order valence-electron chi connectivity index (χ0n) is 18.4. The molecule has 2 aromatic heterocycles. The molecule has 1 saturated heterocycles. The predicted molar refractivity (Wildman–Crippen MR) is 128 cm³/mol. The van der Waals surface area contributed by atoms with Gasteiger partial charge in [-0.05, 0) is 49.7 Å². The second-order valence-corrected chi connectivity index (χ2v) is 8.41. The molecular weight excluding hydrogens is 396 g/mol. The second kappa shape index (κ2) is 8.45. The third kappa shape index (κ3) is 3.83. The van der Waals surface area contributed by atoms with Crippen molar-refractivity contribution < 1.29 is 0 Å². The first-order valence-electron chi connectivity index (χ1n) is 11.0. The summed E-state index contributed by atoms with van der Waals surface area (Å²) in [4.78, 5) is 7.36. The molecule has 0 saturated carbocycles. The summed E-state index contributed by atoms with van der Waals surface area (Å²) in [6.45, 7) is 2.03. The van der Waals surface area contributed by atoms with Gasteiger partial charge < -0.3 is 10.2 Å². The van der Waals surface area contributed by atoms with E-state index in [2.05, 4.69) is 45.7 Å². The molecule has 0 radical (unpaired) electrons. The van der Waals surface area contributed by atoms with E-state index in [1.54, 1.807) is 0 Å². The van der Waals surface area contributed by atoms with Gasteiger partial charge in [0.15, 0.2) is 0 Å². The van der Waals surface area contributed by atoms with Crippen LogP contribution in [0.5, 0.6) is 0 Å². The zero-order valence-corrected chi connectivity index (χ0v) is 18.4. The number of nitrogens with one attached hydrogen (secondary N) is 1. The highest BCUT2D eigenvalue weighted by atomic mass is 15.2. The van der Waals surface area contributed by atoms with Gasteiger partial charge in [0.1, 0.15) is 0 Å². The van der Waals surface area contributed by atoms with E-state index in [1.165, 1.54) is 0 Å². The number of nitriles is 1. The molecule has 2 aromatic carbocycles. The molecule has 5 rings (SSSR count). The van der Waals surface area contributed by atoms with Crippen LogP contribution in [0.3, 0.4) is 0 Å². The molecule has 4 aromatic rings. The Morgan fingerprint density at radius 3 is 2.50 bits per heavy atom. The summed E-state index contributed by atoms with van der Waals surface area (Å²) in [5, 5.41) is 18.3. The third-order valence-corrected chi connectivity index (χ3v) is 6.36. The van der Waals surface area contributed by atoms with Gasteiger partial charge in [-0.1, -0.05) is 24.3 Å². The Labute approximate surface area is 188 Å². The van der Waals surface area contributed by atoms with Crippen molar-refractivity contribution in [2.75, 3.05) is 25.0 Å². The van der Waals surface area contributed by atoms with Crippen LogP contribution in [0.4, 0.5) is 5.69 Å². The summed E-state index contributed by atoms with van der Waals surface area (Å²) >= 11 is 0. The van der Waals surface area contributed by atoms with Gasteiger partial charge in [0.2, 0.25) is 0 Å². The average molecular weight is 423 g/mol. The molecule has 32 heavy (non-hydrogen) atoms. The smallest absolute Gasteiger partial charge is 0.0991 e. The summed E-state index contributed by atoms with van der Waals surface area (Å²) in [5.41, 5.74) is 6.84. The largest absolute Gasteiger partial charge is 0.370 e. The number of nitrogens with zero attached hydrogens (tertiary/aromatic N) is 5. The minimum absolute atomic E-state index is 0.585. The molecule has 1 aliphatic rings. The molecule has 160 valence electrons. The van der Waals surface area contributed by atoms with Crippen molar-refractivity contribution in [3.8, 4) is 28.5 Å². The van der Waals surface area contributed by atoms with E-state index in [9.17, 15) is 5.26 Å². The SMILES string of the molecule is CNC1CCN(c2cnc(-c3ccc4cn(C)nc4c3)c(-c3ccc(C#N)cc3)c2)CC1. The molecule has 1 N–H and O–H groups in total. The summed E-state index contributed by atoms with van der Waals surface area (Å²) < 4.78 is 1.83. The Morgan fingerprint density at radius 2 is 1.78 bits per heavy atom. The lowest BCUT2D eigenvalue weighted by Gasteiger charge is -2.33. The normalized spacial score (nSPS) is 14.6. The summed E-state index contributed by atoms with van der Waals surface area (Å²) in [6.07, 6.45) is 6.26. The van der Waals surface area contributed by atoms with Gasteiger partial charge in [0.25, 0.3) is 0 Å². The predicted octanol–water partition coefficient (Wildman–Crippen LogP) is 4.36. The molecular formula is C26H26N6. The summed E-state index contributed by atoms with van der Waals surface area (Å²) in [5.74, 6) is 0. The third-order valence-electron chi connectivity index (χ3n) is 6.36. The first kappa shape index (κ1) is 20.2. The van der Waals surface area contributed by atoms with Crippen LogP contribution >= 0.6 is 0 Å². The number of hydrogen-bond donors (Lipinski definition) is 1. The van der Waals surface area contributed by atoms with Crippen LogP contribution in [0.15, 0.2) is 60.9 Å². The van der Waals surface area contributed by atoms with E-state index in [0.29, 0.717) is 11.6 Å². The average Bonchev–Trinajstić information content (AvgIpc) is 3.23. The van der Waals surface area contributed by atoms with E-state index >= 15 is 0 Å². The van der Waals surface area contributed by atoms with Gasteiger partial charge in [0.05, 0.1) is 34.7 Å². The van der Waals surface area contributed by atoms with E-state index in [0.717, 1.165) is 64.9 Å². The Kier molecular flexibility index (Phi) is 5.34. The topological polar surface area (TPSA) is 69.8 Å². The molecule has 0 bridgehead atoms. The summed E-state index contributed by atoms with van der Waals surface area (Å²) in [7, 11) is 3.98. The van der Waals surface area contributed by atoms with Gasteiger partial charge >= 0.3 is 0 Å².